The zero-order valence-electron chi connectivity index (χ0n) is 21.5. The highest BCUT2D eigenvalue weighted by Crippen LogP contribution is 2.30. The van der Waals surface area contributed by atoms with Gasteiger partial charge in [0.05, 0.1) is 7.11 Å². The minimum atomic E-state index is 0.545. The van der Waals surface area contributed by atoms with Crippen LogP contribution in [0.2, 0.25) is 0 Å². The maximum absolute atomic E-state index is 6.13. The van der Waals surface area contributed by atoms with E-state index in [9.17, 15) is 0 Å². The highest BCUT2D eigenvalue weighted by Gasteiger charge is 2.27. The molecule has 0 radical (unpaired) electrons. The first-order chi connectivity index (χ1) is 17.8. The Morgan fingerprint density at radius 2 is 1.25 bits per heavy atom. The molecule has 2 heterocycles. The van der Waals surface area contributed by atoms with E-state index in [2.05, 4.69) is 69.3 Å². The van der Waals surface area contributed by atoms with Crippen LogP contribution in [0, 0.1) is 0 Å². The lowest BCUT2D eigenvalue weighted by Crippen LogP contribution is -2.52. The predicted molar refractivity (Wildman–Crippen MR) is 145 cm³/mol. The fourth-order valence-electron chi connectivity index (χ4n) is 5.50. The number of rotatable bonds is 9. The third-order valence-corrected chi connectivity index (χ3v) is 7.60. The van der Waals surface area contributed by atoms with Crippen LogP contribution in [0.25, 0.3) is 0 Å². The van der Waals surface area contributed by atoms with Gasteiger partial charge in [0.15, 0.2) is 11.5 Å². The van der Waals surface area contributed by atoms with Crippen molar-refractivity contribution in [3.05, 3.63) is 95.6 Å². The Hall–Kier alpha value is -2.86. The minimum Gasteiger partial charge on any atom is -0.493 e. The summed E-state index contributed by atoms with van der Waals surface area (Å²) in [6.07, 6.45) is 2.57. The highest BCUT2D eigenvalue weighted by molar-refractivity contribution is 5.43. The summed E-state index contributed by atoms with van der Waals surface area (Å²) >= 11 is 0. The van der Waals surface area contributed by atoms with E-state index in [-0.39, 0.29) is 0 Å². The number of benzene rings is 3. The molecular weight excluding hydrogens is 446 g/mol. The smallest absolute Gasteiger partial charge is 0.161 e. The number of ether oxygens (including phenoxy) is 2. The second kappa shape index (κ2) is 12.4. The van der Waals surface area contributed by atoms with E-state index in [0.29, 0.717) is 6.61 Å². The predicted octanol–water partition coefficient (Wildman–Crippen LogP) is 5.06. The second-order valence-corrected chi connectivity index (χ2v) is 10.1. The Morgan fingerprint density at radius 3 is 1.92 bits per heavy atom. The number of piperidine rings is 1. The normalized spacial score (nSPS) is 18.2. The molecule has 2 fully saturated rings. The van der Waals surface area contributed by atoms with Crippen molar-refractivity contribution >= 4 is 0 Å². The van der Waals surface area contributed by atoms with Gasteiger partial charge in [-0.1, -0.05) is 66.7 Å². The van der Waals surface area contributed by atoms with Crippen LogP contribution in [0.3, 0.4) is 0 Å². The molecule has 5 heteroatoms. The molecule has 0 N–H and O–H groups in total. The molecule has 2 aliphatic heterocycles. The van der Waals surface area contributed by atoms with Gasteiger partial charge in [-0.05, 0) is 54.8 Å². The Labute approximate surface area is 216 Å². The minimum absolute atomic E-state index is 0.545. The monoisotopic (exact) mass is 485 g/mol. The lowest BCUT2D eigenvalue weighted by molar-refractivity contribution is 0.0550. The lowest BCUT2D eigenvalue weighted by Gasteiger charge is -2.43. The second-order valence-electron chi connectivity index (χ2n) is 10.1. The molecule has 3 aromatic rings. The van der Waals surface area contributed by atoms with Crippen molar-refractivity contribution in [2.45, 2.75) is 38.6 Å². The summed E-state index contributed by atoms with van der Waals surface area (Å²) in [5, 5.41) is 0. The first-order valence-electron chi connectivity index (χ1n) is 13.3. The number of piperazine rings is 1. The van der Waals surface area contributed by atoms with Crippen LogP contribution in [0.1, 0.15) is 29.5 Å². The van der Waals surface area contributed by atoms with Crippen LogP contribution < -0.4 is 9.47 Å². The van der Waals surface area contributed by atoms with Crippen molar-refractivity contribution < 1.29 is 9.47 Å². The van der Waals surface area contributed by atoms with Gasteiger partial charge in [-0.25, -0.2) is 0 Å². The van der Waals surface area contributed by atoms with Gasteiger partial charge in [-0.15, -0.1) is 0 Å². The molecule has 2 aliphatic rings. The molecule has 190 valence electrons. The summed E-state index contributed by atoms with van der Waals surface area (Å²) in [6, 6.07) is 28.2. The molecule has 2 saturated heterocycles. The molecule has 0 saturated carbocycles. The van der Waals surface area contributed by atoms with E-state index in [1.54, 1.807) is 7.11 Å². The number of hydrogen-bond acceptors (Lipinski definition) is 5. The van der Waals surface area contributed by atoms with Gasteiger partial charge in [-0.3, -0.25) is 14.7 Å². The molecule has 0 aliphatic carbocycles. The van der Waals surface area contributed by atoms with Crippen molar-refractivity contribution in [3.8, 4) is 11.5 Å². The van der Waals surface area contributed by atoms with Crippen LogP contribution in [0.15, 0.2) is 78.9 Å². The maximum atomic E-state index is 6.13. The Morgan fingerprint density at radius 1 is 0.639 bits per heavy atom. The zero-order valence-corrected chi connectivity index (χ0v) is 21.5. The fourth-order valence-corrected chi connectivity index (χ4v) is 5.50. The van der Waals surface area contributed by atoms with Gasteiger partial charge in [0.1, 0.15) is 6.61 Å². The molecule has 36 heavy (non-hydrogen) atoms. The average Bonchev–Trinajstić information content (AvgIpc) is 2.94. The molecule has 5 rings (SSSR count). The quantitative estimate of drug-likeness (QED) is 0.423. The van der Waals surface area contributed by atoms with Gasteiger partial charge in [0.2, 0.25) is 0 Å². The number of hydrogen-bond donors (Lipinski definition) is 0. The van der Waals surface area contributed by atoms with Gasteiger partial charge in [0.25, 0.3) is 0 Å². The van der Waals surface area contributed by atoms with Crippen LogP contribution >= 0.6 is 0 Å². The van der Waals surface area contributed by atoms with Crippen LogP contribution in [-0.2, 0) is 19.7 Å². The number of methoxy groups -OCH3 is 1. The largest absolute Gasteiger partial charge is 0.493 e. The fraction of sp³-hybridized carbons (Fsp3) is 0.419. The van der Waals surface area contributed by atoms with Crippen molar-refractivity contribution in [2.24, 2.45) is 0 Å². The van der Waals surface area contributed by atoms with Crippen LogP contribution in [-0.4, -0.2) is 67.1 Å². The Bertz CT molecular complexity index is 1060. The molecular formula is C31H39N3O2. The van der Waals surface area contributed by atoms with Crippen molar-refractivity contribution in [1.29, 1.82) is 0 Å². The molecule has 0 bridgehead atoms. The van der Waals surface area contributed by atoms with E-state index < -0.39 is 0 Å². The topological polar surface area (TPSA) is 28.2 Å². The lowest BCUT2D eigenvalue weighted by atomic mass is 10.0. The number of nitrogens with zero attached hydrogens (tertiary/aromatic N) is 3. The molecule has 0 atom stereocenters. The van der Waals surface area contributed by atoms with Gasteiger partial charge in [0, 0.05) is 45.3 Å². The van der Waals surface area contributed by atoms with Gasteiger partial charge < -0.3 is 9.47 Å². The van der Waals surface area contributed by atoms with Gasteiger partial charge >= 0.3 is 0 Å². The molecule has 0 aromatic heterocycles. The van der Waals surface area contributed by atoms with Gasteiger partial charge in [-0.2, -0.15) is 0 Å². The summed E-state index contributed by atoms with van der Waals surface area (Å²) in [6.45, 7) is 9.56. The first-order valence-corrected chi connectivity index (χ1v) is 13.3. The third-order valence-electron chi connectivity index (χ3n) is 7.60. The van der Waals surface area contributed by atoms with Crippen molar-refractivity contribution in [2.75, 3.05) is 46.4 Å². The average molecular weight is 486 g/mol. The maximum Gasteiger partial charge on any atom is 0.161 e. The third kappa shape index (κ3) is 6.67. The van der Waals surface area contributed by atoms with E-state index in [1.165, 1.54) is 37.1 Å². The molecule has 0 spiro atoms. The summed E-state index contributed by atoms with van der Waals surface area (Å²) in [7, 11) is 1.70. The van der Waals surface area contributed by atoms with Crippen LogP contribution in [0.4, 0.5) is 0 Å². The van der Waals surface area contributed by atoms with Crippen molar-refractivity contribution in [1.82, 2.24) is 14.7 Å². The highest BCUT2D eigenvalue weighted by atomic mass is 16.5. The number of likely N-dealkylation sites (tertiary alicyclic amines) is 1. The van der Waals surface area contributed by atoms with Crippen molar-refractivity contribution in [3.63, 3.8) is 0 Å². The van der Waals surface area contributed by atoms with Crippen LogP contribution in [0.5, 0.6) is 11.5 Å². The molecule has 0 amide bonds. The standard InChI is InChI=1S/C31H39N3O2/c1-35-30-13-12-28(22-31(30)36-25-27-10-6-3-7-11-27)24-33-18-20-34(21-19-33)29-14-16-32(17-15-29)23-26-8-4-2-5-9-26/h2-13,22,29H,14-21,23-25H2,1H3. The summed E-state index contributed by atoms with van der Waals surface area (Å²) < 4.78 is 11.7. The van der Waals surface area contributed by atoms with E-state index in [0.717, 1.165) is 62.4 Å². The van der Waals surface area contributed by atoms with E-state index in [4.69, 9.17) is 9.47 Å². The van der Waals surface area contributed by atoms with E-state index >= 15 is 0 Å². The summed E-state index contributed by atoms with van der Waals surface area (Å²) in [5.74, 6) is 1.61. The Balaban J connectivity index is 1.08. The first kappa shape index (κ1) is 24.8. The Kier molecular flexibility index (Phi) is 8.55. The molecule has 5 nitrogen and oxygen atoms in total. The van der Waals surface area contributed by atoms with E-state index in [1.807, 2.05) is 24.3 Å². The summed E-state index contributed by atoms with van der Waals surface area (Å²) in [4.78, 5) is 7.92. The SMILES string of the molecule is COc1ccc(CN2CCN(C3CCN(Cc4ccccc4)CC3)CC2)cc1OCc1ccccc1. The molecule has 0 unspecified atom stereocenters. The zero-order chi connectivity index (χ0) is 24.6. The summed E-state index contributed by atoms with van der Waals surface area (Å²) in [5.41, 5.74) is 3.87. The molecule has 3 aromatic carbocycles.